The summed E-state index contributed by atoms with van der Waals surface area (Å²) in [5.74, 6) is 1.44. The summed E-state index contributed by atoms with van der Waals surface area (Å²) >= 11 is 0. The summed E-state index contributed by atoms with van der Waals surface area (Å²) in [6.45, 7) is 4.74. The first kappa shape index (κ1) is 22.9. The van der Waals surface area contributed by atoms with Crippen LogP contribution < -0.4 is 4.74 Å². The van der Waals surface area contributed by atoms with Gasteiger partial charge in [0.25, 0.3) is 0 Å². The van der Waals surface area contributed by atoms with Crippen LogP contribution in [-0.2, 0) is 22.5 Å². The van der Waals surface area contributed by atoms with Crippen molar-refractivity contribution in [1.29, 1.82) is 0 Å². The molecule has 2 heterocycles. The number of methoxy groups -OCH3 is 1. The van der Waals surface area contributed by atoms with Gasteiger partial charge in [-0.15, -0.1) is 0 Å². The first-order valence-electron chi connectivity index (χ1n) is 11.5. The zero-order valence-electron chi connectivity index (χ0n) is 19.4. The third kappa shape index (κ3) is 5.57. The van der Waals surface area contributed by atoms with Gasteiger partial charge in [0.05, 0.1) is 19.1 Å². The summed E-state index contributed by atoms with van der Waals surface area (Å²) in [7, 11) is 1.65. The normalized spacial score (nSPS) is 15.7. The van der Waals surface area contributed by atoms with E-state index in [-0.39, 0.29) is 5.97 Å². The van der Waals surface area contributed by atoms with E-state index in [9.17, 15) is 4.79 Å². The summed E-state index contributed by atoms with van der Waals surface area (Å²) in [6, 6.07) is 18.0. The molecular weight excluding hydrogens is 414 g/mol. The van der Waals surface area contributed by atoms with Crippen LogP contribution in [0.5, 0.6) is 5.75 Å². The van der Waals surface area contributed by atoms with E-state index in [1.54, 1.807) is 7.11 Å². The fourth-order valence-corrected chi connectivity index (χ4v) is 4.45. The number of carbonyl (C=O) groups excluding carboxylic acids is 1. The van der Waals surface area contributed by atoms with Gasteiger partial charge in [0, 0.05) is 30.1 Å². The van der Waals surface area contributed by atoms with Gasteiger partial charge in [0.15, 0.2) is 5.82 Å². The highest BCUT2D eigenvalue weighted by Crippen LogP contribution is 2.37. The molecule has 0 amide bonds. The molecule has 1 saturated heterocycles. The summed E-state index contributed by atoms with van der Waals surface area (Å²) in [4.78, 5) is 24.4. The Morgan fingerprint density at radius 1 is 0.970 bits per heavy atom. The Bertz CT molecular complexity index is 1030. The Balaban J connectivity index is 1.39. The van der Waals surface area contributed by atoms with E-state index >= 15 is 0 Å². The lowest BCUT2D eigenvalue weighted by molar-refractivity contribution is -0.158. The Morgan fingerprint density at radius 3 is 2.24 bits per heavy atom. The number of likely N-dealkylation sites (tertiary alicyclic amines) is 1. The largest absolute Gasteiger partial charge is 0.497 e. The Morgan fingerprint density at radius 2 is 1.64 bits per heavy atom. The van der Waals surface area contributed by atoms with E-state index in [1.165, 1.54) is 5.56 Å². The fraction of sp³-hybridized carbons (Fsp3) is 0.370. The average molecular weight is 446 g/mol. The zero-order valence-corrected chi connectivity index (χ0v) is 19.4. The van der Waals surface area contributed by atoms with E-state index in [1.807, 2.05) is 61.8 Å². The summed E-state index contributed by atoms with van der Waals surface area (Å²) in [5, 5.41) is 0. The van der Waals surface area contributed by atoms with Crippen LogP contribution in [-0.4, -0.2) is 47.6 Å². The van der Waals surface area contributed by atoms with Crippen LogP contribution in [0.1, 0.15) is 30.9 Å². The van der Waals surface area contributed by atoms with Crippen molar-refractivity contribution < 1.29 is 14.3 Å². The number of aromatic nitrogens is 2. The molecule has 0 saturated carbocycles. The predicted octanol–water partition coefficient (Wildman–Crippen LogP) is 4.54. The van der Waals surface area contributed by atoms with Crippen LogP contribution in [0.4, 0.5) is 0 Å². The van der Waals surface area contributed by atoms with Gasteiger partial charge in [0.1, 0.15) is 5.75 Å². The fourth-order valence-electron chi connectivity index (χ4n) is 4.45. The SMILES string of the molecule is CCOC(=O)C1(Cc2ccccc2)CCN(Cc2cnc(-c3ccc(OC)cc3)nc2)CC1. The molecular formula is C27H31N3O3. The minimum absolute atomic E-state index is 0.0688. The van der Waals surface area contributed by atoms with Gasteiger partial charge in [0.2, 0.25) is 0 Å². The van der Waals surface area contributed by atoms with Gasteiger partial charge in [-0.3, -0.25) is 9.69 Å². The number of ether oxygens (including phenoxy) is 2. The lowest BCUT2D eigenvalue weighted by atomic mass is 9.73. The molecule has 1 aliphatic heterocycles. The first-order valence-corrected chi connectivity index (χ1v) is 11.5. The zero-order chi connectivity index (χ0) is 23.1. The Hall–Kier alpha value is -3.25. The number of piperidine rings is 1. The molecule has 4 rings (SSSR count). The van der Waals surface area contributed by atoms with Gasteiger partial charge in [-0.25, -0.2) is 9.97 Å². The Labute approximate surface area is 195 Å². The van der Waals surface area contributed by atoms with Gasteiger partial charge in [-0.1, -0.05) is 30.3 Å². The van der Waals surface area contributed by atoms with Crippen LogP contribution in [0.2, 0.25) is 0 Å². The molecule has 0 N–H and O–H groups in total. The third-order valence-electron chi connectivity index (χ3n) is 6.37. The molecule has 1 fully saturated rings. The van der Waals surface area contributed by atoms with E-state index in [0.29, 0.717) is 12.4 Å². The predicted molar refractivity (Wildman–Crippen MR) is 128 cm³/mol. The molecule has 0 spiro atoms. The molecule has 2 aromatic carbocycles. The standard InChI is InChI=1S/C27H31N3O3/c1-3-33-26(31)27(17-21-7-5-4-6-8-21)13-15-30(16-14-27)20-22-18-28-25(29-19-22)23-9-11-24(32-2)12-10-23/h4-12,18-19H,3,13-17,20H2,1-2H3. The quantitative estimate of drug-likeness (QED) is 0.475. The molecule has 0 aliphatic carbocycles. The number of esters is 1. The minimum atomic E-state index is -0.456. The van der Waals surface area contributed by atoms with E-state index in [2.05, 4.69) is 27.0 Å². The van der Waals surface area contributed by atoms with Crippen LogP contribution >= 0.6 is 0 Å². The van der Waals surface area contributed by atoms with Crippen molar-refractivity contribution in [3.63, 3.8) is 0 Å². The topological polar surface area (TPSA) is 64.5 Å². The minimum Gasteiger partial charge on any atom is -0.497 e. The molecule has 3 aromatic rings. The van der Waals surface area contributed by atoms with Crippen molar-refractivity contribution >= 4 is 5.97 Å². The molecule has 6 heteroatoms. The Kier molecular flexibility index (Phi) is 7.35. The molecule has 0 atom stereocenters. The number of carbonyl (C=O) groups is 1. The first-order chi connectivity index (χ1) is 16.1. The van der Waals surface area contributed by atoms with Crippen LogP contribution in [0.15, 0.2) is 67.0 Å². The van der Waals surface area contributed by atoms with Gasteiger partial charge in [-0.2, -0.15) is 0 Å². The monoisotopic (exact) mass is 445 g/mol. The maximum atomic E-state index is 12.9. The molecule has 33 heavy (non-hydrogen) atoms. The van der Waals surface area contributed by atoms with Crippen LogP contribution in [0.25, 0.3) is 11.4 Å². The van der Waals surface area contributed by atoms with E-state index < -0.39 is 5.41 Å². The molecule has 1 aromatic heterocycles. The third-order valence-corrected chi connectivity index (χ3v) is 6.37. The van der Waals surface area contributed by atoms with Crippen molar-refractivity contribution in [2.45, 2.75) is 32.7 Å². The van der Waals surface area contributed by atoms with E-state index in [4.69, 9.17) is 9.47 Å². The molecule has 1 aliphatic rings. The molecule has 0 radical (unpaired) electrons. The summed E-state index contributed by atoms with van der Waals surface area (Å²) in [5.41, 5.74) is 2.75. The van der Waals surface area contributed by atoms with E-state index in [0.717, 1.165) is 55.8 Å². The molecule has 0 bridgehead atoms. The van der Waals surface area contributed by atoms with Crippen LogP contribution in [0, 0.1) is 5.41 Å². The lowest BCUT2D eigenvalue weighted by Gasteiger charge is -2.40. The lowest BCUT2D eigenvalue weighted by Crippen LogP contribution is -2.46. The second-order valence-corrected chi connectivity index (χ2v) is 8.58. The average Bonchev–Trinajstić information content (AvgIpc) is 2.87. The van der Waals surface area contributed by atoms with Gasteiger partial charge < -0.3 is 9.47 Å². The second-order valence-electron chi connectivity index (χ2n) is 8.58. The molecule has 6 nitrogen and oxygen atoms in total. The maximum Gasteiger partial charge on any atom is 0.312 e. The number of benzene rings is 2. The summed E-state index contributed by atoms with van der Waals surface area (Å²) < 4.78 is 10.7. The number of nitrogens with zero attached hydrogens (tertiary/aromatic N) is 3. The van der Waals surface area contributed by atoms with Crippen molar-refractivity contribution in [1.82, 2.24) is 14.9 Å². The highest BCUT2D eigenvalue weighted by atomic mass is 16.5. The molecule has 172 valence electrons. The van der Waals surface area contributed by atoms with Gasteiger partial charge in [-0.05, 0) is 69.1 Å². The smallest absolute Gasteiger partial charge is 0.312 e. The number of rotatable bonds is 8. The van der Waals surface area contributed by atoms with Crippen molar-refractivity contribution in [3.05, 3.63) is 78.1 Å². The van der Waals surface area contributed by atoms with Crippen molar-refractivity contribution in [2.75, 3.05) is 26.8 Å². The summed E-state index contributed by atoms with van der Waals surface area (Å²) in [6.07, 6.45) is 6.07. The van der Waals surface area contributed by atoms with Crippen LogP contribution in [0.3, 0.4) is 0 Å². The van der Waals surface area contributed by atoms with Crippen molar-refractivity contribution in [2.24, 2.45) is 5.41 Å². The number of hydrogen-bond donors (Lipinski definition) is 0. The highest BCUT2D eigenvalue weighted by molar-refractivity contribution is 5.77. The highest BCUT2D eigenvalue weighted by Gasteiger charge is 2.42. The maximum absolute atomic E-state index is 12.9. The van der Waals surface area contributed by atoms with Gasteiger partial charge >= 0.3 is 5.97 Å². The second kappa shape index (κ2) is 10.6. The van der Waals surface area contributed by atoms with Crippen molar-refractivity contribution in [3.8, 4) is 17.1 Å². The molecule has 0 unspecified atom stereocenters. The number of hydrogen-bond acceptors (Lipinski definition) is 6.